The summed E-state index contributed by atoms with van der Waals surface area (Å²) in [7, 11) is 0. The molecule has 0 heterocycles. The lowest BCUT2D eigenvalue weighted by Crippen LogP contribution is -2.12. The van der Waals surface area contributed by atoms with Crippen LogP contribution >= 0.6 is 0 Å². The molecule has 0 aliphatic carbocycles. The molecule has 2 aromatic rings. The number of benzene rings is 2. The lowest BCUT2D eigenvalue weighted by atomic mass is 10.1. The van der Waals surface area contributed by atoms with E-state index < -0.39 is 0 Å². The number of carbonyl (C=O) groups is 1. The maximum absolute atomic E-state index is 12.0. The van der Waals surface area contributed by atoms with Gasteiger partial charge in [0.15, 0.2) is 0 Å². The first-order valence-corrected chi connectivity index (χ1v) is 5.86. The van der Waals surface area contributed by atoms with Gasteiger partial charge in [-0.1, -0.05) is 24.3 Å². The monoisotopic (exact) mass is 240 g/mol. The topological polar surface area (TPSA) is 55.1 Å². The van der Waals surface area contributed by atoms with Gasteiger partial charge in [-0.2, -0.15) is 0 Å². The Hall–Kier alpha value is -2.13. The number of amides is 1. The zero-order chi connectivity index (χ0) is 13.0. The van der Waals surface area contributed by atoms with Crippen molar-refractivity contribution >= 4 is 11.6 Å². The highest BCUT2D eigenvalue weighted by Crippen LogP contribution is 2.12. The van der Waals surface area contributed by atoms with Gasteiger partial charge in [-0.15, -0.1) is 0 Å². The van der Waals surface area contributed by atoms with Crippen LogP contribution in [0.25, 0.3) is 0 Å². The molecule has 1 amide bonds. The van der Waals surface area contributed by atoms with E-state index in [9.17, 15) is 4.79 Å². The normalized spacial score (nSPS) is 10.1. The molecule has 0 unspecified atom stereocenters. The number of carbonyl (C=O) groups excluding carboxylic acids is 1. The molecular formula is C15H16N2O. The van der Waals surface area contributed by atoms with Gasteiger partial charge >= 0.3 is 0 Å². The lowest BCUT2D eigenvalue weighted by molar-refractivity contribution is 0.102. The van der Waals surface area contributed by atoms with Crippen molar-refractivity contribution in [1.82, 2.24) is 0 Å². The second kappa shape index (κ2) is 5.47. The Bertz CT molecular complexity index is 564. The van der Waals surface area contributed by atoms with Crippen molar-refractivity contribution in [3.8, 4) is 0 Å². The molecule has 2 aromatic carbocycles. The Kier molecular flexibility index (Phi) is 3.75. The predicted octanol–water partition coefficient (Wildman–Crippen LogP) is 2.71. The van der Waals surface area contributed by atoms with Crippen LogP contribution in [0.4, 0.5) is 5.69 Å². The minimum absolute atomic E-state index is 0.115. The van der Waals surface area contributed by atoms with Crippen LogP contribution in [0.2, 0.25) is 0 Å². The fourth-order valence-electron chi connectivity index (χ4n) is 1.77. The predicted molar refractivity (Wildman–Crippen MR) is 73.5 cm³/mol. The summed E-state index contributed by atoms with van der Waals surface area (Å²) in [5.74, 6) is -0.115. The molecule has 2 rings (SSSR count). The average Bonchev–Trinajstić information content (AvgIpc) is 2.39. The molecular weight excluding hydrogens is 224 g/mol. The summed E-state index contributed by atoms with van der Waals surface area (Å²) < 4.78 is 0. The van der Waals surface area contributed by atoms with Gasteiger partial charge in [0.1, 0.15) is 0 Å². The van der Waals surface area contributed by atoms with E-state index in [1.54, 1.807) is 6.07 Å². The van der Waals surface area contributed by atoms with Crippen molar-refractivity contribution in [2.75, 3.05) is 5.32 Å². The number of rotatable bonds is 3. The van der Waals surface area contributed by atoms with Crippen molar-refractivity contribution in [1.29, 1.82) is 0 Å². The van der Waals surface area contributed by atoms with E-state index in [2.05, 4.69) is 5.32 Å². The lowest BCUT2D eigenvalue weighted by Gasteiger charge is -2.07. The first kappa shape index (κ1) is 12.3. The number of nitrogens with two attached hydrogens (primary N) is 1. The fraction of sp³-hybridized carbons (Fsp3) is 0.133. The van der Waals surface area contributed by atoms with Crippen LogP contribution in [0.15, 0.2) is 48.5 Å². The Balaban J connectivity index is 2.16. The zero-order valence-corrected chi connectivity index (χ0v) is 10.3. The van der Waals surface area contributed by atoms with Gasteiger partial charge in [0.2, 0.25) is 0 Å². The van der Waals surface area contributed by atoms with E-state index in [0.29, 0.717) is 12.1 Å². The Morgan fingerprint density at radius 2 is 1.94 bits per heavy atom. The van der Waals surface area contributed by atoms with E-state index in [1.165, 1.54) is 0 Å². The van der Waals surface area contributed by atoms with Crippen LogP contribution in [0.1, 0.15) is 21.5 Å². The molecule has 0 radical (unpaired) electrons. The third-order valence-electron chi connectivity index (χ3n) is 2.70. The van der Waals surface area contributed by atoms with Crippen LogP contribution < -0.4 is 11.1 Å². The molecule has 0 bridgehead atoms. The SMILES string of the molecule is Cc1cccc(NC(=O)c2cccc(CN)c2)c1. The molecule has 3 N–H and O–H groups in total. The number of nitrogens with one attached hydrogen (secondary N) is 1. The van der Waals surface area contributed by atoms with E-state index in [-0.39, 0.29) is 5.91 Å². The fourth-order valence-corrected chi connectivity index (χ4v) is 1.77. The largest absolute Gasteiger partial charge is 0.326 e. The molecule has 18 heavy (non-hydrogen) atoms. The first-order chi connectivity index (χ1) is 8.69. The van der Waals surface area contributed by atoms with E-state index in [0.717, 1.165) is 16.8 Å². The second-order valence-electron chi connectivity index (χ2n) is 4.23. The molecule has 3 nitrogen and oxygen atoms in total. The van der Waals surface area contributed by atoms with Gasteiger partial charge in [0.25, 0.3) is 5.91 Å². The van der Waals surface area contributed by atoms with Gasteiger partial charge in [-0.25, -0.2) is 0 Å². The first-order valence-electron chi connectivity index (χ1n) is 5.86. The number of hydrogen-bond acceptors (Lipinski definition) is 2. The maximum atomic E-state index is 12.0. The quantitative estimate of drug-likeness (QED) is 0.866. The molecule has 0 aromatic heterocycles. The van der Waals surface area contributed by atoms with Crippen molar-refractivity contribution in [2.45, 2.75) is 13.5 Å². The van der Waals surface area contributed by atoms with Crippen molar-refractivity contribution in [3.63, 3.8) is 0 Å². The molecule has 3 heteroatoms. The smallest absolute Gasteiger partial charge is 0.255 e. The molecule has 0 aliphatic heterocycles. The van der Waals surface area contributed by atoms with E-state index in [1.807, 2.05) is 49.4 Å². The zero-order valence-electron chi connectivity index (χ0n) is 10.3. The third kappa shape index (κ3) is 2.96. The van der Waals surface area contributed by atoms with Crippen LogP contribution in [-0.4, -0.2) is 5.91 Å². The van der Waals surface area contributed by atoms with Crippen molar-refractivity contribution in [3.05, 3.63) is 65.2 Å². The maximum Gasteiger partial charge on any atom is 0.255 e. The van der Waals surface area contributed by atoms with Crippen LogP contribution in [0, 0.1) is 6.92 Å². The Morgan fingerprint density at radius 3 is 2.67 bits per heavy atom. The molecule has 0 spiro atoms. The van der Waals surface area contributed by atoms with Crippen molar-refractivity contribution in [2.24, 2.45) is 5.73 Å². The highest BCUT2D eigenvalue weighted by atomic mass is 16.1. The van der Waals surface area contributed by atoms with Gasteiger partial charge in [-0.3, -0.25) is 4.79 Å². The van der Waals surface area contributed by atoms with E-state index in [4.69, 9.17) is 5.73 Å². The van der Waals surface area contributed by atoms with Gasteiger partial charge < -0.3 is 11.1 Å². The molecule has 92 valence electrons. The highest BCUT2D eigenvalue weighted by Gasteiger charge is 2.06. The van der Waals surface area contributed by atoms with Crippen molar-refractivity contribution < 1.29 is 4.79 Å². The minimum atomic E-state index is -0.115. The summed E-state index contributed by atoms with van der Waals surface area (Å²) in [6.07, 6.45) is 0. The van der Waals surface area contributed by atoms with Gasteiger partial charge in [-0.05, 0) is 42.3 Å². The summed E-state index contributed by atoms with van der Waals surface area (Å²) in [4.78, 5) is 12.0. The van der Waals surface area contributed by atoms with Gasteiger partial charge in [0, 0.05) is 17.8 Å². The standard InChI is InChI=1S/C15H16N2O/c1-11-4-2-7-14(8-11)17-15(18)13-6-3-5-12(9-13)10-16/h2-9H,10,16H2,1H3,(H,17,18). The Labute approximate surface area is 107 Å². The summed E-state index contributed by atoms with van der Waals surface area (Å²) >= 11 is 0. The van der Waals surface area contributed by atoms with Crippen LogP contribution in [0.3, 0.4) is 0 Å². The molecule has 0 fully saturated rings. The highest BCUT2D eigenvalue weighted by molar-refractivity contribution is 6.04. The Morgan fingerprint density at radius 1 is 1.17 bits per heavy atom. The molecule has 0 saturated carbocycles. The average molecular weight is 240 g/mol. The van der Waals surface area contributed by atoms with Crippen LogP contribution in [-0.2, 0) is 6.54 Å². The van der Waals surface area contributed by atoms with Crippen LogP contribution in [0.5, 0.6) is 0 Å². The summed E-state index contributed by atoms with van der Waals surface area (Å²) in [5, 5.41) is 2.87. The minimum Gasteiger partial charge on any atom is -0.326 e. The van der Waals surface area contributed by atoms with Gasteiger partial charge in [0.05, 0.1) is 0 Å². The van der Waals surface area contributed by atoms with E-state index >= 15 is 0 Å². The number of anilines is 1. The third-order valence-corrected chi connectivity index (χ3v) is 2.70. The summed E-state index contributed by atoms with van der Waals surface area (Å²) in [5.41, 5.74) is 9.05. The molecule has 0 aliphatic rings. The number of aryl methyl sites for hydroxylation is 1. The molecule has 0 atom stereocenters. The molecule has 0 saturated heterocycles. The summed E-state index contributed by atoms with van der Waals surface area (Å²) in [6, 6.07) is 15.1. The summed E-state index contributed by atoms with van der Waals surface area (Å²) in [6.45, 7) is 2.43. The second-order valence-corrected chi connectivity index (χ2v) is 4.23. The number of hydrogen-bond donors (Lipinski definition) is 2.